The molecule has 0 N–H and O–H groups in total. The van der Waals surface area contributed by atoms with Crippen LogP contribution in [-0.2, 0) is 19.1 Å². The van der Waals surface area contributed by atoms with Crippen molar-refractivity contribution in [1.82, 2.24) is 0 Å². The minimum absolute atomic E-state index is 0.293. The average molecular weight is 409 g/mol. The van der Waals surface area contributed by atoms with Gasteiger partial charge in [0.15, 0.2) is 0 Å². The van der Waals surface area contributed by atoms with Crippen molar-refractivity contribution in [3.05, 3.63) is 24.8 Å². The zero-order chi connectivity index (χ0) is 21.7. The summed E-state index contributed by atoms with van der Waals surface area (Å²) in [5.74, 6) is -1.11. The van der Waals surface area contributed by atoms with Crippen molar-refractivity contribution < 1.29 is 19.1 Å². The van der Waals surface area contributed by atoms with Gasteiger partial charge in [-0.3, -0.25) is 0 Å². The van der Waals surface area contributed by atoms with Crippen molar-refractivity contribution in [1.29, 1.82) is 0 Å². The summed E-state index contributed by atoms with van der Waals surface area (Å²) in [5, 5.41) is 0. The normalized spacial score (nSPS) is 11.7. The summed E-state index contributed by atoms with van der Waals surface area (Å²) >= 11 is 0. The molecule has 0 bridgehead atoms. The molecular weight excluding hydrogens is 364 g/mol. The molecular formula is C25H44O4. The number of carbonyl (C=O) groups excluding carboxylic acids is 2. The van der Waals surface area contributed by atoms with Gasteiger partial charge in [0.2, 0.25) is 6.29 Å². The molecule has 1 unspecified atom stereocenters. The van der Waals surface area contributed by atoms with Gasteiger partial charge < -0.3 is 9.47 Å². The Morgan fingerprint density at radius 3 is 1.55 bits per heavy atom. The Kier molecular flexibility index (Phi) is 18.6. The molecule has 0 heterocycles. The zero-order valence-electron chi connectivity index (χ0n) is 19.0. The van der Waals surface area contributed by atoms with Crippen molar-refractivity contribution in [3.63, 3.8) is 0 Å². The Hall–Kier alpha value is -1.58. The van der Waals surface area contributed by atoms with Crippen molar-refractivity contribution in [3.8, 4) is 0 Å². The Morgan fingerprint density at radius 1 is 0.759 bits per heavy atom. The summed E-state index contributed by atoms with van der Waals surface area (Å²) in [5.41, 5.74) is 0.293. The number of carbonyl (C=O) groups is 2. The Bertz CT molecular complexity index is 456. The standard InChI is InChI=1S/C25H44O4/c1-5-7-8-9-10-11-12-13-14-15-16-17-18-19-20-21-24(28-23(26)6-2)29-25(27)22(3)4/h6,24H,2-3,5,7-21H2,1,4H3. The van der Waals surface area contributed by atoms with Crippen LogP contribution in [0.1, 0.15) is 117 Å². The molecule has 0 amide bonds. The van der Waals surface area contributed by atoms with Crippen LogP contribution in [0.5, 0.6) is 0 Å². The molecule has 0 spiro atoms. The van der Waals surface area contributed by atoms with Crippen LogP contribution in [0.25, 0.3) is 0 Å². The Labute approximate surface area is 179 Å². The summed E-state index contributed by atoms with van der Waals surface area (Å²) < 4.78 is 10.3. The van der Waals surface area contributed by atoms with E-state index in [9.17, 15) is 9.59 Å². The molecule has 0 radical (unpaired) electrons. The number of hydrogen-bond acceptors (Lipinski definition) is 4. The molecule has 0 rings (SSSR count). The maximum absolute atomic E-state index is 11.6. The Morgan fingerprint density at radius 2 is 1.17 bits per heavy atom. The maximum Gasteiger partial charge on any atom is 0.336 e. The molecule has 0 fully saturated rings. The largest absolute Gasteiger partial charge is 0.422 e. The van der Waals surface area contributed by atoms with Crippen LogP contribution < -0.4 is 0 Å². The molecule has 0 saturated carbocycles. The minimum Gasteiger partial charge on any atom is -0.422 e. The van der Waals surface area contributed by atoms with E-state index in [1.807, 2.05) is 0 Å². The summed E-state index contributed by atoms with van der Waals surface area (Å²) in [7, 11) is 0. The molecule has 1 atom stereocenters. The topological polar surface area (TPSA) is 52.6 Å². The number of rotatable bonds is 20. The summed E-state index contributed by atoms with van der Waals surface area (Å²) in [4.78, 5) is 23.0. The van der Waals surface area contributed by atoms with Crippen LogP contribution in [0.3, 0.4) is 0 Å². The predicted octanol–water partition coefficient (Wildman–Crippen LogP) is 7.42. The molecule has 0 aliphatic carbocycles. The fourth-order valence-electron chi connectivity index (χ4n) is 3.22. The van der Waals surface area contributed by atoms with E-state index in [1.54, 1.807) is 6.92 Å². The van der Waals surface area contributed by atoms with E-state index in [0.29, 0.717) is 12.0 Å². The van der Waals surface area contributed by atoms with Crippen molar-refractivity contribution in [2.24, 2.45) is 0 Å². The highest BCUT2D eigenvalue weighted by Crippen LogP contribution is 2.15. The van der Waals surface area contributed by atoms with Crippen LogP contribution in [-0.4, -0.2) is 18.2 Å². The highest BCUT2D eigenvalue weighted by Gasteiger charge is 2.17. The van der Waals surface area contributed by atoms with E-state index in [4.69, 9.17) is 9.47 Å². The quantitative estimate of drug-likeness (QED) is 0.0910. The predicted molar refractivity (Wildman–Crippen MR) is 121 cm³/mol. The van der Waals surface area contributed by atoms with E-state index in [2.05, 4.69) is 20.1 Å². The van der Waals surface area contributed by atoms with Gasteiger partial charge >= 0.3 is 11.9 Å². The fraction of sp³-hybridized carbons (Fsp3) is 0.760. The highest BCUT2D eigenvalue weighted by atomic mass is 16.7. The first-order chi connectivity index (χ1) is 14.0. The van der Waals surface area contributed by atoms with Gasteiger partial charge in [0.05, 0.1) is 0 Å². The van der Waals surface area contributed by atoms with Crippen LogP contribution in [0.4, 0.5) is 0 Å². The third kappa shape index (κ3) is 18.2. The number of unbranched alkanes of at least 4 members (excludes halogenated alkanes) is 14. The highest BCUT2D eigenvalue weighted by molar-refractivity contribution is 5.87. The molecule has 29 heavy (non-hydrogen) atoms. The summed E-state index contributed by atoms with van der Waals surface area (Å²) in [6.07, 6.45) is 20.1. The Balaban J connectivity index is 3.61. The molecule has 4 heteroatoms. The van der Waals surface area contributed by atoms with Crippen LogP contribution >= 0.6 is 0 Å². The lowest BCUT2D eigenvalue weighted by molar-refractivity contribution is -0.182. The van der Waals surface area contributed by atoms with E-state index < -0.39 is 18.2 Å². The van der Waals surface area contributed by atoms with Gasteiger partial charge in [-0.25, -0.2) is 9.59 Å². The van der Waals surface area contributed by atoms with Crippen LogP contribution in [0, 0.1) is 0 Å². The molecule has 0 aromatic carbocycles. The van der Waals surface area contributed by atoms with Gasteiger partial charge in [0.25, 0.3) is 0 Å². The number of esters is 2. The molecule has 4 nitrogen and oxygen atoms in total. The van der Waals surface area contributed by atoms with Gasteiger partial charge in [0.1, 0.15) is 0 Å². The first-order valence-corrected chi connectivity index (χ1v) is 11.7. The second-order valence-corrected chi connectivity index (χ2v) is 7.99. The SMILES string of the molecule is C=CC(=O)OC(CCCCCCCCCCCCCCCCC)OC(=O)C(=C)C. The van der Waals surface area contributed by atoms with E-state index in [1.165, 1.54) is 77.0 Å². The van der Waals surface area contributed by atoms with E-state index in [-0.39, 0.29) is 0 Å². The smallest absolute Gasteiger partial charge is 0.336 e. The van der Waals surface area contributed by atoms with Gasteiger partial charge in [0, 0.05) is 18.1 Å². The van der Waals surface area contributed by atoms with Crippen molar-refractivity contribution in [2.45, 2.75) is 123 Å². The van der Waals surface area contributed by atoms with E-state index in [0.717, 1.165) is 25.3 Å². The number of hydrogen-bond donors (Lipinski definition) is 0. The molecule has 0 saturated heterocycles. The third-order valence-corrected chi connectivity index (χ3v) is 5.04. The van der Waals surface area contributed by atoms with Crippen molar-refractivity contribution in [2.75, 3.05) is 0 Å². The molecule has 0 aliphatic rings. The molecule has 0 aromatic heterocycles. The average Bonchev–Trinajstić information content (AvgIpc) is 2.70. The van der Waals surface area contributed by atoms with Gasteiger partial charge in [-0.1, -0.05) is 110 Å². The minimum atomic E-state index is -0.855. The number of ether oxygens (including phenoxy) is 2. The van der Waals surface area contributed by atoms with Gasteiger partial charge in [-0.05, 0) is 13.3 Å². The summed E-state index contributed by atoms with van der Waals surface area (Å²) in [6.45, 7) is 10.8. The lowest BCUT2D eigenvalue weighted by Crippen LogP contribution is -2.24. The fourth-order valence-corrected chi connectivity index (χ4v) is 3.22. The zero-order valence-corrected chi connectivity index (χ0v) is 19.0. The molecule has 0 aliphatic heterocycles. The van der Waals surface area contributed by atoms with Gasteiger partial charge in [-0.2, -0.15) is 0 Å². The molecule has 168 valence electrons. The van der Waals surface area contributed by atoms with Crippen LogP contribution in [0.2, 0.25) is 0 Å². The summed E-state index contributed by atoms with van der Waals surface area (Å²) in [6, 6.07) is 0. The molecule has 0 aromatic rings. The second-order valence-electron chi connectivity index (χ2n) is 7.99. The third-order valence-electron chi connectivity index (χ3n) is 5.04. The maximum atomic E-state index is 11.6. The van der Waals surface area contributed by atoms with Crippen molar-refractivity contribution >= 4 is 11.9 Å². The monoisotopic (exact) mass is 408 g/mol. The van der Waals surface area contributed by atoms with Gasteiger partial charge in [-0.15, -0.1) is 0 Å². The first kappa shape index (κ1) is 27.4. The van der Waals surface area contributed by atoms with E-state index >= 15 is 0 Å². The lowest BCUT2D eigenvalue weighted by atomic mass is 10.0. The lowest BCUT2D eigenvalue weighted by Gasteiger charge is -2.17. The second kappa shape index (κ2) is 19.7. The first-order valence-electron chi connectivity index (χ1n) is 11.7. The van der Waals surface area contributed by atoms with Crippen LogP contribution in [0.15, 0.2) is 24.8 Å².